The molecule has 1 heterocycles. The number of hydrogen-bond acceptors (Lipinski definition) is 3. The number of non-ortho nitro benzene ring substituents is 1. The molecule has 0 radical (unpaired) electrons. The molecule has 1 aromatic carbocycles. The summed E-state index contributed by atoms with van der Waals surface area (Å²) in [7, 11) is 0. The molecule has 0 aliphatic rings. The highest BCUT2D eigenvalue weighted by Crippen LogP contribution is 2.35. The zero-order valence-corrected chi connectivity index (χ0v) is 8.72. The van der Waals surface area contributed by atoms with Crippen LogP contribution in [0.5, 0.6) is 0 Å². The number of aryl methyl sites for hydroxylation is 2. The van der Waals surface area contributed by atoms with Crippen molar-refractivity contribution in [3.63, 3.8) is 0 Å². The van der Waals surface area contributed by atoms with E-state index < -0.39 is 0 Å². The first kappa shape index (κ1) is 9.15. The van der Waals surface area contributed by atoms with Crippen LogP contribution < -0.4 is 0 Å². The predicted molar refractivity (Wildman–Crippen MR) is 58.0 cm³/mol. The molecular formula is C10H9NO2S. The Labute approximate surface area is 85.1 Å². The van der Waals surface area contributed by atoms with Gasteiger partial charge in [-0.15, -0.1) is 11.3 Å². The van der Waals surface area contributed by atoms with E-state index in [0.717, 1.165) is 21.2 Å². The lowest BCUT2D eigenvalue weighted by Gasteiger charge is -1.98. The summed E-state index contributed by atoms with van der Waals surface area (Å²) in [6.07, 6.45) is 0. The van der Waals surface area contributed by atoms with Gasteiger partial charge in [0.1, 0.15) is 4.70 Å². The maximum absolute atomic E-state index is 10.7. The van der Waals surface area contributed by atoms with Crippen LogP contribution in [0.1, 0.15) is 11.1 Å². The van der Waals surface area contributed by atoms with Crippen molar-refractivity contribution in [3.8, 4) is 0 Å². The average molecular weight is 207 g/mol. The number of fused-ring (bicyclic) bond motifs is 1. The van der Waals surface area contributed by atoms with Crippen molar-refractivity contribution in [3.05, 3.63) is 38.8 Å². The SMILES string of the molecule is Cc1ccc([N+](=O)[O-])c2scc(C)c12. The van der Waals surface area contributed by atoms with Gasteiger partial charge in [-0.25, -0.2) is 0 Å². The fourth-order valence-corrected chi connectivity index (χ4v) is 2.75. The van der Waals surface area contributed by atoms with Crippen molar-refractivity contribution in [2.75, 3.05) is 0 Å². The van der Waals surface area contributed by atoms with E-state index in [9.17, 15) is 10.1 Å². The molecule has 0 aliphatic heterocycles. The highest BCUT2D eigenvalue weighted by molar-refractivity contribution is 7.18. The molecule has 0 bridgehead atoms. The van der Waals surface area contributed by atoms with Crippen LogP contribution in [0.25, 0.3) is 10.1 Å². The monoisotopic (exact) mass is 207 g/mol. The second-order valence-electron chi connectivity index (χ2n) is 3.28. The van der Waals surface area contributed by atoms with Gasteiger partial charge in [-0.3, -0.25) is 10.1 Å². The van der Waals surface area contributed by atoms with Crippen LogP contribution in [0.2, 0.25) is 0 Å². The molecule has 0 fully saturated rings. The molecule has 0 amide bonds. The van der Waals surface area contributed by atoms with Gasteiger partial charge in [0.05, 0.1) is 4.92 Å². The lowest BCUT2D eigenvalue weighted by Crippen LogP contribution is -1.88. The van der Waals surface area contributed by atoms with Gasteiger partial charge < -0.3 is 0 Å². The third kappa shape index (κ3) is 1.19. The number of nitro groups is 1. The number of hydrogen-bond donors (Lipinski definition) is 0. The van der Waals surface area contributed by atoms with Crippen LogP contribution in [-0.2, 0) is 0 Å². The Morgan fingerprint density at radius 3 is 2.64 bits per heavy atom. The number of nitrogens with zero attached hydrogens (tertiary/aromatic N) is 1. The molecule has 0 N–H and O–H groups in total. The maximum Gasteiger partial charge on any atom is 0.287 e. The van der Waals surface area contributed by atoms with E-state index in [1.807, 2.05) is 19.2 Å². The minimum atomic E-state index is -0.322. The molecule has 0 atom stereocenters. The molecule has 0 unspecified atom stereocenters. The van der Waals surface area contributed by atoms with Crippen molar-refractivity contribution >= 4 is 27.1 Å². The summed E-state index contributed by atoms with van der Waals surface area (Å²) in [5.41, 5.74) is 2.43. The number of rotatable bonds is 1. The fraction of sp³-hybridized carbons (Fsp3) is 0.200. The number of benzene rings is 1. The van der Waals surface area contributed by atoms with Crippen LogP contribution in [0.15, 0.2) is 17.5 Å². The van der Waals surface area contributed by atoms with Gasteiger partial charge in [0.2, 0.25) is 0 Å². The highest BCUT2D eigenvalue weighted by Gasteiger charge is 2.15. The maximum atomic E-state index is 10.7. The Hall–Kier alpha value is -1.42. The largest absolute Gasteiger partial charge is 0.287 e. The molecule has 14 heavy (non-hydrogen) atoms. The Balaban J connectivity index is 2.90. The van der Waals surface area contributed by atoms with Gasteiger partial charge in [0.15, 0.2) is 0 Å². The summed E-state index contributed by atoms with van der Waals surface area (Å²) in [5.74, 6) is 0. The van der Waals surface area contributed by atoms with E-state index in [4.69, 9.17) is 0 Å². The summed E-state index contributed by atoms with van der Waals surface area (Å²) in [6.45, 7) is 3.96. The summed E-state index contributed by atoms with van der Waals surface area (Å²) in [6, 6.07) is 3.38. The van der Waals surface area contributed by atoms with Gasteiger partial charge in [0, 0.05) is 11.5 Å². The zero-order chi connectivity index (χ0) is 10.3. The van der Waals surface area contributed by atoms with Crippen molar-refractivity contribution in [2.45, 2.75) is 13.8 Å². The zero-order valence-electron chi connectivity index (χ0n) is 7.90. The van der Waals surface area contributed by atoms with Gasteiger partial charge in [-0.2, -0.15) is 0 Å². The normalized spacial score (nSPS) is 10.7. The van der Waals surface area contributed by atoms with Crippen molar-refractivity contribution in [1.29, 1.82) is 0 Å². The van der Waals surface area contributed by atoms with E-state index in [-0.39, 0.29) is 10.6 Å². The molecule has 0 spiro atoms. The molecule has 4 heteroatoms. The molecule has 0 saturated carbocycles. The van der Waals surface area contributed by atoms with Crippen LogP contribution in [0, 0.1) is 24.0 Å². The van der Waals surface area contributed by atoms with Crippen molar-refractivity contribution in [1.82, 2.24) is 0 Å². The first-order chi connectivity index (χ1) is 6.61. The second-order valence-corrected chi connectivity index (χ2v) is 4.16. The molecule has 2 rings (SSSR count). The van der Waals surface area contributed by atoms with Gasteiger partial charge in [-0.1, -0.05) is 6.07 Å². The average Bonchev–Trinajstić information content (AvgIpc) is 2.49. The van der Waals surface area contributed by atoms with E-state index in [0.29, 0.717) is 0 Å². The molecule has 0 aliphatic carbocycles. The lowest BCUT2D eigenvalue weighted by atomic mass is 10.1. The number of nitro benzene ring substituents is 1. The standard InChI is InChI=1S/C10H9NO2S/c1-6-3-4-8(11(12)13)10-9(6)7(2)5-14-10/h3-5H,1-2H3. The summed E-state index contributed by atoms with van der Waals surface area (Å²) in [5, 5.41) is 13.7. The van der Waals surface area contributed by atoms with Crippen LogP contribution in [0.4, 0.5) is 5.69 Å². The molecule has 2 aromatic rings. The second kappa shape index (κ2) is 3.06. The van der Waals surface area contributed by atoms with E-state index >= 15 is 0 Å². The molecular weight excluding hydrogens is 198 g/mol. The molecule has 3 nitrogen and oxygen atoms in total. The van der Waals surface area contributed by atoms with E-state index in [1.165, 1.54) is 11.3 Å². The van der Waals surface area contributed by atoms with Gasteiger partial charge in [-0.05, 0) is 30.4 Å². The number of thiophene rings is 1. The Kier molecular flexibility index (Phi) is 2.00. The first-order valence-electron chi connectivity index (χ1n) is 4.23. The van der Waals surface area contributed by atoms with E-state index in [2.05, 4.69) is 0 Å². The minimum Gasteiger partial charge on any atom is -0.258 e. The van der Waals surface area contributed by atoms with Crippen LogP contribution in [0.3, 0.4) is 0 Å². The summed E-state index contributed by atoms with van der Waals surface area (Å²) >= 11 is 1.44. The van der Waals surface area contributed by atoms with Crippen molar-refractivity contribution < 1.29 is 4.92 Å². The van der Waals surface area contributed by atoms with Crippen LogP contribution in [-0.4, -0.2) is 4.92 Å². The Morgan fingerprint density at radius 2 is 2.00 bits per heavy atom. The van der Waals surface area contributed by atoms with Gasteiger partial charge >= 0.3 is 0 Å². The third-order valence-corrected chi connectivity index (χ3v) is 3.41. The topological polar surface area (TPSA) is 43.1 Å². The Bertz CT molecular complexity index is 516. The fourth-order valence-electron chi connectivity index (χ4n) is 1.63. The molecule has 0 saturated heterocycles. The predicted octanol–water partition coefficient (Wildman–Crippen LogP) is 3.43. The summed E-state index contributed by atoms with van der Waals surface area (Å²) < 4.78 is 0.785. The quantitative estimate of drug-likeness (QED) is 0.531. The summed E-state index contributed by atoms with van der Waals surface area (Å²) in [4.78, 5) is 10.4. The van der Waals surface area contributed by atoms with Crippen molar-refractivity contribution in [2.24, 2.45) is 0 Å². The minimum absolute atomic E-state index is 0.212. The van der Waals surface area contributed by atoms with Gasteiger partial charge in [0.25, 0.3) is 5.69 Å². The third-order valence-electron chi connectivity index (χ3n) is 2.29. The lowest BCUT2D eigenvalue weighted by molar-refractivity contribution is -0.382. The molecule has 72 valence electrons. The smallest absolute Gasteiger partial charge is 0.258 e. The van der Waals surface area contributed by atoms with E-state index in [1.54, 1.807) is 12.1 Å². The molecule has 1 aromatic heterocycles. The van der Waals surface area contributed by atoms with Crippen LogP contribution >= 0.6 is 11.3 Å². The first-order valence-corrected chi connectivity index (χ1v) is 5.11. The Morgan fingerprint density at radius 1 is 1.29 bits per heavy atom. The highest BCUT2D eigenvalue weighted by atomic mass is 32.1.